The number of ether oxygens (including phenoxy) is 1. The maximum absolute atomic E-state index is 13.3. The van der Waals surface area contributed by atoms with Crippen LogP contribution in [0.15, 0.2) is 55.1 Å². The molecular formula is C24H22FN7O2. The van der Waals surface area contributed by atoms with Crippen LogP contribution in [0.1, 0.15) is 24.3 Å². The quantitative estimate of drug-likeness (QED) is 0.484. The van der Waals surface area contributed by atoms with E-state index < -0.39 is 11.9 Å². The lowest BCUT2D eigenvalue weighted by molar-refractivity contribution is -0.0936. The minimum atomic E-state index is -0.480. The van der Waals surface area contributed by atoms with Crippen molar-refractivity contribution in [3.05, 3.63) is 72.2 Å². The van der Waals surface area contributed by atoms with Crippen LogP contribution >= 0.6 is 0 Å². The lowest BCUT2D eigenvalue weighted by atomic mass is 10.1. The normalized spacial score (nSPS) is 15.3. The van der Waals surface area contributed by atoms with Gasteiger partial charge in [-0.25, -0.2) is 13.9 Å². The first-order valence-corrected chi connectivity index (χ1v) is 10.9. The lowest BCUT2D eigenvalue weighted by Crippen LogP contribution is -2.45. The van der Waals surface area contributed by atoms with Gasteiger partial charge in [0.05, 0.1) is 18.1 Å². The molecule has 1 atom stereocenters. The predicted octanol–water partition coefficient (Wildman–Crippen LogP) is 3.45. The van der Waals surface area contributed by atoms with E-state index in [1.807, 2.05) is 31.3 Å². The van der Waals surface area contributed by atoms with Crippen molar-refractivity contribution < 1.29 is 14.3 Å². The van der Waals surface area contributed by atoms with Gasteiger partial charge >= 0.3 is 0 Å². The fraction of sp³-hybridized carbons (Fsp3) is 0.250. The molecule has 1 aliphatic rings. The number of hydrogen-bond donors (Lipinski definition) is 1. The summed E-state index contributed by atoms with van der Waals surface area (Å²) in [5.41, 5.74) is 3.17. The zero-order valence-electron chi connectivity index (χ0n) is 18.5. The molecule has 0 saturated carbocycles. The Bertz CT molecular complexity index is 1340. The second-order valence-electron chi connectivity index (χ2n) is 8.06. The standard InChI is InChI=1S/C24H22FN7O2/c1-16(21-4-3-20(25)14-27-21)34-22-10-18(15-32-24(22)19(11-26)13-29-32)17-2-5-23(28-12-17)30-6-8-31(33)9-7-30/h2-5,10,12-16,33H,6-9H2,1H3/t16-/m1/s1. The van der Waals surface area contributed by atoms with Crippen molar-refractivity contribution in [3.63, 3.8) is 0 Å². The molecule has 172 valence electrons. The predicted molar refractivity (Wildman–Crippen MR) is 122 cm³/mol. The first kappa shape index (κ1) is 21.8. The maximum atomic E-state index is 13.3. The number of hydrogen-bond acceptors (Lipinski definition) is 8. The van der Waals surface area contributed by atoms with Crippen molar-refractivity contribution in [2.45, 2.75) is 13.0 Å². The largest absolute Gasteiger partial charge is 0.482 e. The number of hydroxylamine groups is 2. The number of piperazine rings is 1. The summed E-state index contributed by atoms with van der Waals surface area (Å²) < 4.78 is 21.1. The number of aromatic nitrogens is 4. The average Bonchev–Trinajstić information content (AvgIpc) is 3.28. The van der Waals surface area contributed by atoms with Crippen molar-refractivity contribution in [3.8, 4) is 22.9 Å². The SMILES string of the molecule is C[C@@H](Oc1cc(-c2ccc(N3CCN(O)CC3)nc2)cn2ncc(C#N)c12)c1ccc(F)cn1. The van der Waals surface area contributed by atoms with Gasteiger partial charge in [0.1, 0.15) is 40.6 Å². The van der Waals surface area contributed by atoms with Crippen LogP contribution in [0.2, 0.25) is 0 Å². The van der Waals surface area contributed by atoms with Gasteiger partial charge in [-0.15, -0.1) is 0 Å². The van der Waals surface area contributed by atoms with E-state index in [1.165, 1.54) is 17.3 Å². The first-order valence-electron chi connectivity index (χ1n) is 10.9. The van der Waals surface area contributed by atoms with Gasteiger partial charge < -0.3 is 14.8 Å². The van der Waals surface area contributed by atoms with Crippen molar-refractivity contribution >= 4 is 11.3 Å². The highest BCUT2D eigenvalue weighted by molar-refractivity contribution is 5.75. The molecule has 0 spiro atoms. The topological polar surface area (TPSA) is 103 Å². The Morgan fingerprint density at radius 2 is 1.88 bits per heavy atom. The molecular weight excluding hydrogens is 437 g/mol. The van der Waals surface area contributed by atoms with Crippen LogP contribution in [0, 0.1) is 17.1 Å². The molecule has 34 heavy (non-hydrogen) atoms. The van der Waals surface area contributed by atoms with Crippen molar-refractivity contribution in [1.82, 2.24) is 24.6 Å². The molecule has 1 saturated heterocycles. The highest BCUT2D eigenvalue weighted by Gasteiger charge is 2.19. The Morgan fingerprint density at radius 1 is 1.06 bits per heavy atom. The Balaban J connectivity index is 1.47. The average molecular weight is 459 g/mol. The van der Waals surface area contributed by atoms with E-state index in [0.29, 0.717) is 48.7 Å². The summed E-state index contributed by atoms with van der Waals surface area (Å²) in [6, 6.07) is 10.8. The summed E-state index contributed by atoms with van der Waals surface area (Å²) in [6.07, 6.45) is 5.77. The molecule has 5 rings (SSSR count). The number of rotatable bonds is 5. The number of halogens is 1. The van der Waals surface area contributed by atoms with E-state index >= 15 is 0 Å². The van der Waals surface area contributed by atoms with Gasteiger partial charge in [-0.3, -0.25) is 4.98 Å². The summed E-state index contributed by atoms with van der Waals surface area (Å²) in [6.45, 7) is 4.36. The van der Waals surface area contributed by atoms with Gasteiger partial charge in [-0.2, -0.15) is 15.4 Å². The first-order chi connectivity index (χ1) is 16.5. The Labute approximate surface area is 195 Å². The fourth-order valence-electron chi connectivity index (χ4n) is 3.96. The number of nitrogens with zero attached hydrogens (tertiary/aromatic N) is 7. The summed E-state index contributed by atoms with van der Waals surface area (Å²) in [4.78, 5) is 10.8. The third kappa shape index (κ3) is 4.26. The summed E-state index contributed by atoms with van der Waals surface area (Å²) in [7, 11) is 0. The van der Waals surface area contributed by atoms with E-state index in [1.54, 1.807) is 16.8 Å². The van der Waals surface area contributed by atoms with Gasteiger partial charge in [-0.05, 0) is 37.3 Å². The minimum absolute atomic E-state index is 0.386. The molecule has 0 unspecified atom stereocenters. The highest BCUT2D eigenvalue weighted by atomic mass is 19.1. The molecule has 5 heterocycles. The third-order valence-corrected chi connectivity index (χ3v) is 5.83. The van der Waals surface area contributed by atoms with Crippen LogP contribution in [0.4, 0.5) is 10.2 Å². The number of fused-ring (bicyclic) bond motifs is 1. The number of anilines is 1. The minimum Gasteiger partial charge on any atom is -0.482 e. The van der Waals surface area contributed by atoms with E-state index in [-0.39, 0.29) is 0 Å². The van der Waals surface area contributed by atoms with E-state index in [4.69, 9.17) is 4.74 Å². The Kier molecular flexibility index (Phi) is 5.79. The van der Waals surface area contributed by atoms with Crippen LogP contribution in [-0.4, -0.2) is 56.0 Å². The molecule has 0 radical (unpaired) electrons. The zero-order valence-corrected chi connectivity index (χ0v) is 18.5. The number of nitriles is 1. The van der Waals surface area contributed by atoms with Crippen LogP contribution < -0.4 is 9.64 Å². The summed E-state index contributed by atoms with van der Waals surface area (Å²) in [5, 5.41) is 24.7. The van der Waals surface area contributed by atoms with Gasteiger partial charge in [0, 0.05) is 49.7 Å². The summed E-state index contributed by atoms with van der Waals surface area (Å²) in [5.74, 6) is 0.890. The van der Waals surface area contributed by atoms with E-state index in [9.17, 15) is 14.9 Å². The molecule has 0 amide bonds. The van der Waals surface area contributed by atoms with Crippen LogP contribution in [0.3, 0.4) is 0 Å². The molecule has 9 nitrogen and oxygen atoms in total. The Morgan fingerprint density at radius 3 is 2.56 bits per heavy atom. The zero-order chi connectivity index (χ0) is 23.7. The monoisotopic (exact) mass is 459 g/mol. The van der Waals surface area contributed by atoms with Gasteiger partial charge in [0.2, 0.25) is 0 Å². The molecule has 1 fully saturated rings. The smallest absolute Gasteiger partial charge is 0.148 e. The molecule has 1 N–H and O–H groups in total. The molecule has 4 aromatic rings. The van der Waals surface area contributed by atoms with Crippen LogP contribution in [0.5, 0.6) is 5.75 Å². The van der Waals surface area contributed by atoms with Gasteiger partial charge in [0.15, 0.2) is 0 Å². The van der Waals surface area contributed by atoms with Crippen molar-refractivity contribution in [1.29, 1.82) is 5.26 Å². The fourth-order valence-corrected chi connectivity index (χ4v) is 3.96. The molecule has 4 aromatic heterocycles. The maximum Gasteiger partial charge on any atom is 0.148 e. The van der Waals surface area contributed by atoms with Crippen molar-refractivity contribution in [2.24, 2.45) is 0 Å². The van der Waals surface area contributed by atoms with Crippen LogP contribution in [0.25, 0.3) is 16.6 Å². The second-order valence-corrected chi connectivity index (χ2v) is 8.06. The Hall–Kier alpha value is -4.07. The summed E-state index contributed by atoms with van der Waals surface area (Å²) >= 11 is 0. The highest BCUT2D eigenvalue weighted by Crippen LogP contribution is 2.33. The lowest BCUT2D eigenvalue weighted by Gasteiger charge is -2.31. The van der Waals surface area contributed by atoms with Crippen LogP contribution in [-0.2, 0) is 0 Å². The number of pyridine rings is 3. The molecule has 10 heteroatoms. The van der Waals surface area contributed by atoms with E-state index in [2.05, 4.69) is 26.0 Å². The molecule has 1 aliphatic heterocycles. The van der Waals surface area contributed by atoms with Gasteiger partial charge in [0.25, 0.3) is 0 Å². The molecule has 0 aromatic carbocycles. The van der Waals surface area contributed by atoms with Gasteiger partial charge in [-0.1, -0.05) is 0 Å². The second kappa shape index (κ2) is 9.05. The van der Waals surface area contributed by atoms with E-state index in [0.717, 1.165) is 23.1 Å². The van der Waals surface area contributed by atoms with Crippen molar-refractivity contribution in [2.75, 3.05) is 31.1 Å². The molecule has 0 bridgehead atoms. The third-order valence-electron chi connectivity index (χ3n) is 5.83. The molecule has 0 aliphatic carbocycles.